The van der Waals surface area contributed by atoms with Gasteiger partial charge in [-0.3, -0.25) is 9.59 Å². The van der Waals surface area contributed by atoms with Crippen molar-refractivity contribution in [3.05, 3.63) is 41.5 Å². The van der Waals surface area contributed by atoms with Crippen LogP contribution < -0.4 is 0 Å². The fourth-order valence-electron chi connectivity index (χ4n) is 1.62. The number of rotatable bonds is 8. The van der Waals surface area contributed by atoms with E-state index in [9.17, 15) is 14.4 Å². The highest BCUT2D eigenvalue weighted by molar-refractivity contribution is 6.04. The van der Waals surface area contributed by atoms with Gasteiger partial charge in [-0.15, -0.1) is 0 Å². The van der Waals surface area contributed by atoms with Crippen molar-refractivity contribution < 1.29 is 23.9 Å². The smallest absolute Gasteiger partial charge is 0.337 e. The molecule has 0 amide bonds. The van der Waals surface area contributed by atoms with E-state index < -0.39 is 11.9 Å². The second kappa shape index (κ2) is 9.50. The van der Waals surface area contributed by atoms with E-state index in [1.165, 1.54) is 13.2 Å². The lowest BCUT2D eigenvalue weighted by Crippen LogP contribution is -2.10. The van der Waals surface area contributed by atoms with Gasteiger partial charge in [0.2, 0.25) is 0 Å². The van der Waals surface area contributed by atoms with E-state index in [2.05, 4.69) is 4.74 Å². The minimum Gasteiger partial charge on any atom is -0.465 e. The Labute approximate surface area is 129 Å². The third kappa shape index (κ3) is 6.35. The van der Waals surface area contributed by atoms with Crippen molar-refractivity contribution in [2.24, 2.45) is 0 Å². The molecule has 0 aliphatic carbocycles. The number of hydrogen-bond donors (Lipinski definition) is 0. The highest BCUT2D eigenvalue weighted by Crippen LogP contribution is 2.07. The molecule has 0 saturated heterocycles. The van der Waals surface area contributed by atoms with Gasteiger partial charge in [-0.1, -0.05) is 31.6 Å². The summed E-state index contributed by atoms with van der Waals surface area (Å²) in [6, 6.07) is 6.59. The van der Waals surface area contributed by atoms with Crippen LogP contribution >= 0.6 is 0 Å². The van der Waals surface area contributed by atoms with Gasteiger partial charge in [-0.25, -0.2) is 4.79 Å². The molecular weight excluding hydrogens is 284 g/mol. The SMILES string of the molecule is CCCCOC(=O)CC(=O)C=Cc1ccc(C(=O)OC)cc1. The van der Waals surface area contributed by atoms with Crippen LogP contribution in [0.4, 0.5) is 0 Å². The molecule has 0 bridgehead atoms. The first-order valence-electron chi connectivity index (χ1n) is 7.11. The van der Waals surface area contributed by atoms with E-state index in [4.69, 9.17) is 4.74 Å². The van der Waals surface area contributed by atoms with Crippen molar-refractivity contribution >= 4 is 23.8 Å². The molecule has 5 nitrogen and oxygen atoms in total. The zero-order chi connectivity index (χ0) is 16.4. The van der Waals surface area contributed by atoms with E-state index in [0.29, 0.717) is 12.2 Å². The first-order valence-corrected chi connectivity index (χ1v) is 7.11. The van der Waals surface area contributed by atoms with Crippen molar-refractivity contribution in [2.45, 2.75) is 26.2 Å². The topological polar surface area (TPSA) is 69.7 Å². The average molecular weight is 304 g/mol. The molecule has 0 fully saturated rings. The number of hydrogen-bond acceptors (Lipinski definition) is 5. The summed E-state index contributed by atoms with van der Waals surface area (Å²) in [5.41, 5.74) is 1.19. The number of carbonyl (C=O) groups excluding carboxylic acids is 3. The number of esters is 2. The minimum atomic E-state index is -0.510. The van der Waals surface area contributed by atoms with Gasteiger partial charge in [-0.2, -0.15) is 0 Å². The first kappa shape index (κ1) is 17.6. The van der Waals surface area contributed by atoms with Gasteiger partial charge in [0.15, 0.2) is 5.78 Å². The van der Waals surface area contributed by atoms with E-state index in [-0.39, 0.29) is 12.2 Å². The molecule has 0 unspecified atom stereocenters. The van der Waals surface area contributed by atoms with Gasteiger partial charge in [0.1, 0.15) is 6.42 Å². The maximum Gasteiger partial charge on any atom is 0.337 e. The lowest BCUT2D eigenvalue weighted by molar-refractivity contribution is -0.145. The Morgan fingerprint density at radius 3 is 2.41 bits per heavy atom. The molecule has 0 atom stereocenters. The molecule has 0 radical (unpaired) electrons. The van der Waals surface area contributed by atoms with E-state index in [1.807, 2.05) is 6.92 Å². The van der Waals surface area contributed by atoms with Crippen LogP contribution in [0.5, 0.6) is 0 Å². The van der Waals surface area contributed by atoms with Gasteiger partial charge in [0.25, 0.3) is 0 Å². The molecule has 0 spiro atoms. The summed E-state index contributed by atoms with van der Waals surface area (Å²) in [7, 11) is 1.31. The Morgan fingerprint density at radius 2 is 1.82 bits per heavy atom. The summed E-state index contributed by atoms with van der Waals surface area (Å²) < 4.78 is 9.51. The fourth-order valence-corrected chi connectivity index (χ4v) is 1.62. The maximum atomic E-state index is 11.6. The zero-order valence-corrected chi connectivity index (χ0v) is 12.8. The summed E-state index contributed by atoms with van der Waals surface area (Å²) >= 11 is 0. The van der Waals surface area contributed by atoms with Crippen molar-refractivity contribution in [2.75, 3.05) is 13.7 Å². The lowest BCUT2D eigenvalue weighted by atomic mass is 10.1. The summed E-state index contributed by atoms with van der Waals surface area (Å²) in [6.45, 7) is 2.34. The largest absolute Gasteiger partial charge is 0.465 e. The number of ether oxygens (including phenoxy) is 2. The third-order valence-corrected chi connectivity index (χ3v) is 2.87. The fraction of sp³-hybridized carbons (Fsp3) is 0.353. The van der Waals surface area contributed by atoms with Crippen LogP contribution in [0.25, 0.3) is 6.08 Å². The zero-order valence-electron chi connectivity index (χ0n) is 12.8. The van der Waals surface area contributed by atoms with Gasteiger partial charge in [-0.05, 0) is 30.2 Å². The second-order valence-corrected chi connectivity index (χ2v) is 4.66. The van der Waals surface area contributed by atoms with Gasteiger partial charge in [0.05, 0.1) is 19.3 Å². The summed E-state index contributed by atoms with van der Waals surface area (Å²) in [5, 5.41) is 0. The second-order valence-electron chi connectivity index (χ2n) is 4.66. The predicted octanol–water partition coefficient (Wildman–Crippen LogP) is 2.79. The Hall–Kier alpha value is -2.43. The van der Waals surface area contributed by atoms with Crippen LogP contribution in [0.3, 0.4) is 0 Å². The van der Waals surface area contributed by atoms with Crippen LogP contribution in [-0.2, 0) is 19.1 Å². The standard InChI is InChI=1S/C17H20O5/c1-3-4-11-22-16(19)12-15(18)10-7-13-5-8-14(9-6-13)17(20)21-2/h5-10H,3-4,11-12H2,1-2H3. The number of benzene rings is 1. The Kier molecular flexibility index (Phi) is 7.61. The van der Waals surface area contributed by atoms with Crippen LogP contribution in [-0.4, -0.2) is 31.4 Å². The molecule has 0 aliphatic rings. The van der Waals surface area contributed by atoms with E-state index in [0.717, 1.165) is 18.4 Å². The predicted molar refractivity (Wildman–Crippen MR) is 82.3 cm³/mol. The van der Waals surface area contributed by atoms with E-state index in [1.54, 1.807) is 30.3 Å². The maximum absolute atomic E-state index is 11.6. The highest BCUT2D eigenvalue weighted by Gasteiger charge is 2.08. The molecule has 118 valence electrons. The minimum absolute atomic E-state index is 0.263. The number of carbonyl (C=O) groups is 3. The third-order valence-electron chi connectivity index (χ3n) is 2.87. The molecule has 0 N–H and O–H groups in total. The normalized spacial score (nSPS) is 10.5. The monoisotopic (exact) mass is 304 g/mol. The van der Waals surface area contributed by atoms with E-state index >= 15 is 0 Å². The number of ketones is 1. The van der Waals surface area contributed by atoms with Crippen LogP contribution in [0.2, 0.25) is 0 Å². The van der Waals surface area contributed by atoms with Crippen LogP contribution in [0.15, 0.2) is 30.3 Å². The number of unbranched alkanes of at least 4 members (excludes halogenated alkanes) is 1. The van der Waals surface area contributed by atoms with Crippen molar-refractivity contribution in [1.29, 1.82) is 0 Å². The highest BCUT2D eigenvalue weighted by atomic mass is 16.5. The van der Waals surface area contributed by atoms with Crippen molar-refractivity contribution in [3.63, 3.8) is 0 Å². The van der Waals surface area contributed by atoms with Gasteiger partial charge < -0.3 is 9.47 Å². The molecule has 0 heterocycles. The number of methoxy groups -OCH3 is 1. The summed E-state index contributed by atoms with van der Waals surface area (Å²) in [4.78, 5) is 34.3. The Balaban J connectivity index is 2.48. The molecule has 1 aromatic rings. The average Bonchev–Trinajstić information content (AvgIpc) is 2.53. The van der Waals surface area contributed by atoms with Crippen molar-refractivity contribution in [1.82, 2.24) is 0 Å². The Bertz CT molecular complexity index is 543. The molecule has 22 heavy (non-hydrogen) atoms. The molecule has 0 saturated carbocycles. The van der Waals surface area contributed by atoms with Crippen LogP contribution in [0.1, 0.15) is 42.1 Å². The molecule has 0 aliphatic heterocycles. The van der Waals surface area contributed by atoms with Crippen LogP contribution in [0, 0.1) is 0 Å². The van der Waals surface area contributed by atoms with Gasteiger partial charge >= 0.3 is 11.9 Å². The first-order chi connectivity index (χ1) is 10.6. The molecular formula is C17H20O5. The summed E-state index contributed by atoms with van der Waals surface area (Å²) in [5.74, 6) is -1.25. The number of allylic oxidation sites excluding steroid dienone is 1. The lowest BCUT2D eigenvalue weighted by Gasteiger charge is -2.01. The van der Waals surface area contributed by atoms with Crippen molar-refractivity contribution in [3.8, 4) is 0 Å². The molecule has 1 aromatic carbocycles. The van der Waals surface area contributed by atoms with Gasteiger partial charge in [0, 0.05) is 0 Å². The quantitative estimate of drug-likeness (QED) is 0.320. The Morgan fingerprint density at radius 1 is 1.14 bits per heavy atom. The molecule has 1 rings (SSSR count). The molecule has 0 aromatic heterocycles. The summed E-state index contributed by atoms with van der Waals surface area (Å²) in [6.07, 6.45) is 4.38. The molecule has 5 heteroatoms.